The first-order chi connectivity index (χ1) is 6.97. The van der Waals surface area contributed by atoms with Crippen LogP contribution in [-0.2, 0) is 17.8 Å². The van der Waals surface area contributed by atoms with Crippen molar-refractivity contribution in [3.8, 4) is 0 Å². The number of hydrogen-bond donors (Lipinski definition) is 0. The van der Waals surface area contributed by atoms with Gasteiger partial charge in [-0.25, -0.2) is 0 Å². The van der Waals surface area contributed by atoms with Crippen LogP contribution < -0.4 is 0 Å². The maximum atomic E-state index is 11.6. The minimum absolute atomic E-state index is 0.0605. The lowest BCUT2D eigenvalue weighted by Gasteiger charge is -2.04. The number of aryl methyl sites for hydroxylation is 2. The molecule has 4 heteroatoms. The van der Waals surface area contributed by atoms with Gasteiger partial charge in [0.1, 0.15) is 0 Å². The van der Waals surface area contributed by atoms with E-state index in [0.717, 1.165) is 22.4 Å². The fourth-order valence-corrected chi connectivity index (χ4v) is 1.77. The van der Waals surface area contributed by atoms with Crippen LogP contribution in [0.15, 0.2) is 16.6 Å². The van der Waals surface area contributed by atoms with Gasteiger partial charge in [0, 0.05) is 6.54 Å². The molecule has 0 aliphatic carbocycles. The molecule has 0 fully saturated rings. The quantitative estimate of drug-likeness (QED) is 0.789. The predicted molar refractivity (Wildman–Crippen MR) is 63.9 cm³/mol. The highest BCUT2D eigenvalue weighted by Crippen LogP contribution is 2.22. The zero-order valence-electron chi connectivity index (χ0n) is 9.30. The first-order valence-electron chi connectivity index (χ1n) is 4.87. The highest BCUT2D eigenvalue weighted by atomic mass is 79.9. The van der Waals surface area contributed by atoms with Gasteiger partial charge in [-0.15, -0.1) is 0 Å². The summed E-state index contributed by atoms with van der Waals surface area (Å²) in [5.41, 5.74) is 2.44. The molecular weight excluding hydrogens is 256 g/mol. The second-order valence-corrected chi connectivity index (χ2v) is 4.34. The molecule has 15 heavy (non-hydrogen) atoms. The first-order valence-corrected chi connectivity index (χ1v) is 5.67. The fourth-order valence-electron chi connectivity index (χ4n) is 1.34. The number of carbonyl (C=O) groups is 1. The van der Waals surface area contributed by atoms with E-state index in [-0.39, 0.29) is 5.78 Å². The molecule has 0 atom stereocenters. The second kappa shape index (κ2) is 4.75. The Morgan fingerprint density at radius 1 is 1.60 bits per heavy atom. The van der Waals surface area contributed by atoms with Crippen molar-refractivity contribution in [2.24, 2.45) is 0 Å². The van der Waals surface area contributed by atoms with Crippen LogP contribution in [-0.4, -0.2) is 15.6 Å². The summed E-state index contributed by atoms with van der Waals surface area (Å²) in [5, 5.41) is 4.33. The Hall–Kier alpha value is -0.900. The summed E-state index contributed by atoms with van der Waals surface area (Å²) in [6.07, 6.45) is 0.366. The average molecular weight is 271 g/mol. The summed E-state index contributed by atoms with van der Waals surface area (Å²) >= 11 is 3.45. The third-order valence-electron chi connectivity index (χ3n) is 2.26. The van der Waals surface area contributed by atoms with Crippen LogP contribution in [0, 0.1) is 6.92 Å². The van der Waals surface area contributed by atoms with Crippen LogP contribution in [0.25, 0.3) is 0 Å². The summed E-state index contributed by atoms with van der Waals surface area (Å²) in [6.45, 7) is 10.1. The Morgan fingerprint density at radius 2 is 2.20 bits per heavy atom. The largest absolute Gasteiger partial charge is 0.294 e. The van der Waals surface area contributed by atoms with Crippen molar-refractivity contribution >= 4 is 21.7 Å². The Kier molecular flexibility index (Phi) is 3.85. The van der Waals surface area contributed by atoms with Crippen LogP contribution in [0.3, 0.4) is 0 Å². The number of ketones is 1. The molecule has 0 spiro atoms. The molecule has 0 saturated heterocycles. The molecule has 1 aromatic rings. The normalized spacial score (nSPS) is 10.4. The maximum Gasteiger partial charge on any atom is 0.163 e. The third kappa shape index (κ3) is 2.56. The summed E-state index contributed by atoms with van der Waals surface area (Å²) in [5.74, 6) is 0.0605. The average Bonchev–Trinajstić information content (AvgIpc) is 2.45. The van der Waals surface area contributed by atoms with E-state index >= 15 is 0 Å². The first kappa shape index (κ1) is 12.2. The molecule has 0 amide bonds. The summed E-state index contributed by atoms with van der Waals surface area (Å²) in [6, 6.07) is 0. The van der Waals surface area contributed by atoms with E-state index in [4.69, 9.17) is 0 Å². The van der Waals surface area contributed by atoms with Gasteiger partial charge in [-0.3, -0.25) is 9.48 Å². The molecule has 0 saturated carbocycles. The fraction of sp³-hybridized carbons (Fsp3) is 0.455. The van der Waals surface area contributed by atoms with Gasteiger partial charge in [-0.1, -0.05) is 6.58 Å². The number of allylic oxidation sites excluding steroid dienone is 1. The van der Waals surface area contributed by atoms with Crippen LogP contribution in [0.5, 0.6) is 0 Å². The highest BCUT2D eigenvalue weighted by Gasteiger charge is 2.15. The van der Waals surface area contributed by atoms with Crippen LogP contribution in [0.2, 0.25) is 0 Å². The Labute approximate surface area is 98.3 Å². The SMILES string of the molecule is C=C(C)C(=O)Cc1c(Br)c(C)nn1CC. The lowest BCUT2D eigenvalue weighted by molar-refractivity contribution is -0.115. The molecule has 1 rings (SSSR count). The zero-order chi connectivity index (χ0) is 11.6. The van der Waals surface area contributed by atoms with Gasteiger partial charge in [-0.05, 0) is 42.3 Å². The van der Waals surface area contributed by atoms with E-state index in [9.17, 15) is 4.79 Å². The minimum atomic E-state index is 0.0605. The molecular formula is C11H15BrN2O. The van der Waals surface area contributed by atoms with Crippen molar-refractivity contribution in [2.75, 3.05) is 0 Å². The highest BCUT2D eigenvalue weighted by molar-refractivity contribution is 9.10. The number of nitrogens with zero attached hydrogens (tertiary/aromatic N) is 2. The number of aromatic nitrogens is 2. The number of carbonyl (C=O) groups excluding carboxylic acids is 1. The van der Waals surface area contributed by atoms with E-state index in [1.807, 2.05) is 18.5 Å². The second-order valence-electron chi connectivity index (χ2n) is 3.54. The summed E-state index contributed by atoms with van der Waals surface area (Å²) < 4.78 is 2.78. The Morgan fingerprint density at radius 3 is 2.67 bits per heavy atom. The molecule has 1 heterocycles. The topological polar surface area (TPSA) is 34.9 Å². The van der Waals surface area contributed by atoms with Gasteiger partial charge < -0.3 is 0 Å². The molecule has 0 radical (unpaired) electrons. The standard InChI is InChI=1S/C11H15BrN2O/c1-5-14-9(6-10(15)7(2)3)11(12)8(4)13-14/h2,5-6H2,1,3-4H3. The molecule has 0 aliphatic heterocycles. The number of rotatable bonds is 4. The monoisotopic (exact) mass is 270 g/mol. The molecule has 0 aliphatic rings. The van der Waals surface area contributed by atoms with Crippen LogP contribution >= 0.6 is 15.9 Å². The molecule has 1 aromatic heterocycles. The molecule has 0 aromatic carbocycles. The number of halogens is 1. The molecule has 0 N–H and O–H groups in total. The van der Waals surface area contributed by atoms with Crippen molar-refractivity contribution in [1.82, 2.24) is 9.78 Å². The summed E-state index contributed by atoms with van der Waals surface area (Å²) in [7, 11) is 0. The zero-order valence-corrected chi connectivity index (χ0v) is 10.9. The van der Waals surface area contributed by atoms with Crippen molar-refractivity contribution in [3.05, 3.63) is 28.0 Å². The van der Waals surface area contributed by atoms with Crippen molar-refractivity contribution in [1.29, 1.82) is 0 Å². The van der Waals surface area contributed by atoms with E-state index in [1.54, 1.807) is 6.92 Å². The Bertz CT molecular complexity index is 407. The maximum absolute atomic E-state index is 11.6. The van der Waals surface area contributed by atoms with Gasteiger partial charge >= 0.3 is 0 Å². The van der Waals surface area contributed by atoms with Gasteiger partial charge in [0.15, 0.2) is 5.78 Å². The smallest absolute Gasteiger partial charge is 0.163 e. The minimum Gasteiger partial charge on any atom is -0.294 e. The molecule has 0 unspecified atom stereocenters. The molecule has 0 bridgehead atoms. The predicted octanol–water partition coefficient (Wildman–Crippen LogP) is 2.66. The van der Waals surface area contributed by atoms with Crippen molar-refractivity contribution in [2.45, 2.75) is 33.7 Å². The lowest BCUT2D eigenvalue weighted by Crippen LogP contribution is -2.10. The number of hydrogen-bond acceptors (Lipinski definition) is 2. The Balaban J connectivity index is 3.02. The van der Waals surface area contributed by atoms with Crippen molar-refractivity contribution < 1.29 is 4.79 Å². The number of Topliss-reactive ketones (excluding diaryl/α,β-unsaturated/α-hetero) is 1. The molecule has 3 nitrogen and oxygen atoms in total. The van der Waals surface area contributed by atoms with E-state index in [1.165, 1.54) is 0 Å². The van der Waals surface area contributed by atoms with Crippen LogP contribution in [0.4, 0.5) is 0 Å². The van der Waals surface area contributed by atoms with Gasteiger partial charge in [-0.2, -0.15) is 5.10 Å². The molecule has 82 valence electrons. The van der Waals surface area contributed by atoms with E-state index in [2.05, 4.69) is 27.6 Å². The van der Waals surface area contributed by atoms with Gasteiger partial charge in [0.2, 0.25) is 0 Å². The van der Waals surface area contributed by atoms with Gasteiger partial charge in [0.05, 0.1) is 22.3 Å². The summed E-state index contributed by atoms with van der Waals surface area (Å²) in [4.78, 5) is 11.6. The van der Waals surface area contributed by atoms with Gasteiger partial charge in [0.25, 0.3) is 0 Å². The van der Waals surface area contributed by atoms with Crippen LogP contribution in [0.1, 0.15) is 25.2 Å². The van der Waals surface area contributed by atoms with E-state index < -0.39 is 0 Å². The third-order valence-corrected chi connectivity index (χ3v) is 3.29. The van der Waals surface area contributed by atoms with E-state index in [0.29, 0.717) is 12.0 Å². The lowest BCUT2D eigenvalue weighted by atomic mass is 10.1. The van der Waals surface area contributed by atoms with Crippen molar-refractivity contribution in [3.63, 3.8) is 0 Å².